The maximum atomic E-state index is 12.4. The van der Waals surface area contributed by atoms with Gasteiger partial charge in [-0.25, -0.2) is 13.4 Å². The van der Waals surface area contributed by atoms with Crippen molar-refractivity contribution in [1.82, 2.24) is 4.98 Å². The molecule has 0 aliphatic carbocycles. The molecular formula is C16H14N2O4S. The summed E-state index contributed by atoms with van der Waals surface area (Å²) in [5.41, 5.74) is 0.429. The number of nitrogens with zero attached hydrogens (tertiary/aromatic N) is 1. The molecule has 0 atom stereocenters. The monoisotopic (exact) mass is 330 g/mol. The van der Waals surface area contributed by atoms with E-state index in [2.05, 4.69) is 10.3 Å². The molecule has 1 aromatic carbocycles. The summed E-state index contributed by atoms with van der Waals surface area (Å²) >= 11 is 0. The second-order valence-electron chi connectivity index (χ2n) is 4.86. The second-order valence-corrected chi connectivity index (χ2v) is 6.91. The first-order valence-electron chi connectivity index (χ1n) is 6.95. The summed E-state index contributed by atoms with van der Waals surface area (Å²) in [5.74, 6) is -0.666. The smallest absolute Gasteiger partial charge is 0.293 e. The molecule has 1 N–H and O–H groups in total. The lowest BCUT2D eigenvalue weighted by atomic mass is 10.2. The molecule has 3 rings (SSSR count). The summed E-state index contributed by atoms with van der Waals surface area (Å²) in [4.78, 5) is 16.3. The van der Waals surface area contributed by atoms with Crippen molar-refractivity contribution in [3.8, 4) is 0 Å². The number of hydrogen-bond donors (Lipinski definition) is 1. The van der Waals surface area contributed by atoms with Gasteiger partial charge in [-0.15, -0.1) is 0 Å². The molecule has 7 heteroatoms. The molecular weight excluding hydrogens is 316 g/mol. The molecule has 0 saturated heterocycles. The quantitative estimate of drug-likeness (QED) is 0.928. The van der Waals surface area contributed by atoms with Crippen LogP contribution in [-0.2, 0) is 19.4 Å². The fraction of sp³-hybridized carbons (Fsp3) is 0.125. The first-order chi connectivity index (χ1) is 11.1. The molecule has 23 heavy (non-hydrogen) atoms. The molecule has 0 saturated carbocycles. The number of anilines is 1. The minimum Gasteiger partial charge on any atom is -0.486 e. The van der Waals surface area contributed by atoms with Crippen LogP contribution in [0.1, 0.15) is 5.56 Å². The number of carbonyl (C=O) groups excluding carboxylic acids is 1. The van der Waals surface area contributed by atoms with Gasteiger partial charge in [0.2, 0.25) is 5.76 Å². The lowest BCUT2D eigenvalue weighted by molar-refractivity contribution is -0.116. The predicted molar refractivity (Wildman–Crippen MR) is 86.0 cm³/mol. The van der Waals surface area contributed by atoms with Crippen molar-refractivity contribution in [2.75, 3.05) is 17.7 Å². The van der Waals surface area contributed by atoms with Crippen LogP contribution in [-0.4, -0.2) is 31.7 Å². The zero-order valence-corrected chi connectivity index (χ0v) is 12.9. The highest BCUT2D eigenvalue weighted by Crippen LogP contribution is 2.30. The first kappa shape index (κ1) is 15.2. The average Bonchev–Trinajstić information content (AvgIpc) is 2.55. The lowest BCUT2D eigenvalue weighted by Gasteiger charge is -2.21. The van der Waals surface area contributed by atoms with Gasteiger partial charge in [0.25, 0.3) is 5.91 Å². The molecule has 0 unspecified atom stereocenters. The van der Waals surface area contributed by atoms with Gasteiger partial charge in [0.1, 0.15) is 17.3 Å². The largest absolute Gasteiger partial charge is 0.486 e. The number of ether oxygens (including phenoxy) is 1. The van der Waals surface area contributed by atoms with E-state index in [9.17, 15) is 13.2 Å². The molecule has 0 fully saturated rings. The highest BCUT2D eigenvalue weighted by atomic mass is 32.2. The van der Waals surface area contributed by atoms with Crippen LogP contribution in [0.3, 0.4) is 0 Å². The molecule has 2 heterocycles. The Kier molecular flexibility index (Phi) is 4.12. The third kappa shape index (κ3) is 3.24. The van der Waals surface area contributed by atoms with Crippen LogP contribution in [0.25, 0.3) is 4.91 Å². The highest BCUT2D eigenvalue weighted by molar-refractivity contribution is 8.00. The number of carbonyl (C=O) groups is 1. The van der Waals surface area contributed by atoms with Crippen molar-refractivity contribution >= 4 is 26.5 Å². The summed E-state index contributed by atoms with van der Waals surface area (Å²) in [5, 5.41) is 2.55. The van der Waals surface area contributed by atoms with Gasteiger partial charge in [-0.05, 0) is 17.7 Å². The van der Waals surface area contributed by atoms with Gasteiger partial charge in [-0.3, -0.25) is 4.79 Å². The predicted octanol–water partition coefficient (Wildman–Crippen LogP) is 1.83. The topological polar surface area (TPSA) is 85.4 Å². The Morgan fingerprint density at radius 3 is 2.52 bits per heavy atom. The lowest BCUT2D eigenvalue weighted by Crippen LogP contribution is -2.28. The van der Waals surface area contributed by atoms with Crippen LogP contribution < -0.4 is 5.32 Å². The summed E-state index contributed by atoms with van der Waals surface area (Å²) in [6, 6.07) is 13.5. The molecule has 2 aromatic rings. The number of nitrogens with one attached hydrogen (secondary N) is 1. The Morgan fingerprint density at radius 1 is 1.09 bits per heavy atom. The Bertz CT molecular complexity index is 846. The minimum atomic E-state index is -3.59. The van der Waals surface area contributed by atoms with E-state index in [4.69, 9.17) is 4.74 Å². The summed E-state index contributed by atoms with van der Waals surface area (Å²) in [6.45, 7) is -0.0519. The number of pyridine rings is 1. The Hall–Kier alpha value is -2.67. The summed E-state index contributed by atoms with van der Waals surface area (Å²) in [7, 11) is -3.59. The number of rotatable bonds is 3. The van der Waals surface area contributed by atoms with Crippen molar-refractivity contribution in [3.63, 3.8) is 0 Å². The number of aromatic nitrogens is 1. The van der Waals surface area contributed by atoms with Gasteiger partial charge in [-0.2, -0.15) is 0 Å². The van der Waals surface area contributed by atoms with Gasteiger partial charge in [0, 0.05) is 6.20 Å². The molecule has 0 bridgehead atoms. The van der Waals surface area contributed by atoms with E-state index in [1.54, 1.807) is 48.5 Å². The van der Waals surface area contributed by atoms with Crippen molar-refractivity contribution in [2.45, 2.75) is 0 Å². The Morgan fingerprint density at radius 2 is 1.83 bits per heavy atom. The minimum absolute atomic E-state index is 0.0519. The number of hydrogen-bond acceptors (Lipinski definition) is 5. The maximum absolute atomic E-state index is 12.4. The Balaban J connectivity index is 2.05. The molecule has 1 aliphatic heterocycles. The molecule has 0 radical (unpaired) electrons. The zero-order valence-electron chi connectivity index (χ0n) is 12.1. The van der Waals surface area contributed by atoms with E-state index in [0.717, 1.165) is 0 Å². The average molecular weight is 330 g/mol. The first-order valence-corrected chi connectivity index (χ1v) is 8.61. The Labute approximate surface area is 133 Å². The fourth-order valence-corrected chi connectivity index (χ4v) is 3.68. The van der Waals surface area contributed by atoms with E-state index in [1.165, 1.54) is 6.20 Å². The van der Waals surface area contributed by atoms with Crippen LogP contribution in [0.5, 0.6) is 0 Å². The van der Waals surface area contributed by atoms with E-state index in [1.807, 2.05) is 0 Å². The van der Waals surface area contributed by atoms with Crippen molar-refractivity contribution in [3.05, 3.63) is 66.1 Å². The van der Waals surface area contributed by atoms with Crippen molar-refractivity contribution in [2.24, 2.45) is 0 Å². The standard InChI is InChI=1S/C16H14N2O4S/c19-16(18-13-8-4-5-9-17-13)14-15(12-6-2-1-3-7-12)23(20,21)11-10-22-14/h1-9H,10-11H2,(H,17,18,19). The van der Waals surface area contributed by atoms with Crippen LogP contribution in [0.4, 0.5) is 5.82 Å². The third-order valence-electron chi connectivity index (χ3n) is 3.26. The second kappa shape index (κ2) is 6.21. The van der Waals surface area contributed by atoms with Gasteiger partial charge in [0.05, 0.1) is 5.75 Å². The van der Waals surface area contributed by atoms with E-state index in [-0.39, 0.29) is 23.0 Å². The van der Waals surface area contributed by atoms with E-state index in [0.29, 0.717) is 11.4 Å². The number of benzene rings is 1. The van der Waals surface area contributed by atoms with Crippen LogP contribution in [0.15, 0.2) is 60.5 Å². The zero-order chi connectivity index (χ0) is 16.3. The molecule has 1 aromatic heterocycles. The van der Waals surface area contributed by atoms with E-state index >= 15 is 0 Å². The SMILES string of the molecule is O=C(Nc1ccccn1)C1=C(c2ccccc2)S(=O)(=O)CCO1. The third-order valence-corrected chi connectivity index (χ3v) is 5.01. The van der Waals surface area contributed by atoms with Crippen LogP contribution in [0.2, 0.25) is 0 Å². The highest BCUT2D eigenvalue weighted by Gasteiger charge is 2.33. The number of sulfone groups is 1. The molecule has 1 amide bonds. The van der Waals surface area contributed by atoms with Gasteiger partial charge in [-0.1, -0.05) is 36.4 Å². The molecule has 6 nitrogen and oxygen atoms in total. The molecule has 0 spiro atoms. The van der Waals surface area contributed by atoms with Crippen LogP contribution >= 0.6 is 0 Å². The fourth-order valence-electron chi connectivity index (χ4n) is 2.24. The molecule has 1 aliphatic rings. The maximum Gasteiger partial charge on any atom is 0.293 e. The molecule has 118 valence electrons. The number of amides is 1. The normalized spacial score (nSPS) is 16.5. The van der Waals surface area contributed by atoms with E-state index < -0.39 is 15.7 Å². The van der Waals surface area contributed by atoms with Crippen molar-refractivity contribution in [1.29, 1.82) is 0 Å². The van der Waals surface area contributed by atoms with Gasteiger partial charge >= 0.3 is 0 Å². The van der Waals surface area contributed by atoms with Gasteiger partial charge in [0.15, 0.2) is 9.84 Å². The summed E-state index contributed by atoms with van der Waals surface area (Å²) < 4.78 is 30.2. The van der Waals surface area contributed by atoms with Crippen LogP contribution in [0, 0.1) is 0 Å². The summed E-state index contributed by atoms with van der Waals surface area (Å²) in [6.07, 6.45) is 1.53. The van der Waals surface area contributed by atoms with Crippen molar-refractivity contribution < 1.29 is 17.9 Å². The van der Waals surface area contributed by atoms with Gasteiger partial charge < -0.3 is 10.1 Å².